The Hall–Kier alpha value is -5.60. The number of rotatable bonds is 6. The second kappa shape index (κ2) is 26.4. The van der Waals surface area contributed by atoms with Crippen molar-refractivity contribution < 1.29 is 55.1 Å². The van der Waals surface area contributed by atoms with E-state index in [0.29, 0.717) is 27.1 Å². The first-order chi connectivity index (χ1) is 27.8. The fraction of sp³-hybridized carbons (Fsp3) is 0.108. The molecule has 0 amide bonds. The molecule has 5 rings (SSSR count). The van der Waals surface area contributed by atoms with Gasteiger partial charge in [-0.15, -0.1) is 24.5 Å². The summed E-state index contributed by atoms with van der Waals surface area (Å²) in [6.45, 7) is 3.69. The number of isocyanates is 5. The minimum atomic E-state index is -4.71. The molecule has 0 N–H and O–H groups in total. The highest BCUT2D eigenvalue weighted by atomic mass is 79.9. The normalized spacial score (nSPS) is 9.69. The highest BCUT2D eigenvalue weighted by molar-refractivity contribution is 9.11. The van der Waals surface area contributed by atoms with E-state index in [1.54, 1.807) is 48.5 Å². The van der Waals surface area contributed by atoms with Crippen molar-refractivity contribution in [3.05, 3.63) is 126 Å². The minimum Gasteiger partial charge on any atom is -0.406 e. The Labute approximate surface area is 360 Å². The first-order valence-corrected chi connectivity index (χ1v) is 18.4. The highest BCUT2D eigenvalue weighted by Gasteiger charge is 2.32. The second-order valence-corrected chi connectivity index (χ2v) is 13.7. The van der Waals surface area contributed by atoms with Gasteiger partial charge in [0.25, 0.3) is 0 Å². The molecule has 4 aromatic carbocycles. The first kappa shape index (κ1) is 51.4. The van der Waals surface area contributed by atoms with Crippen LogP contribution in [0.3, 0.4) is 0 Å². The molecule has 0 aliphatic heterocycles. The van der Waals surface area contributed by atoms with Crippen LogP contribution in [0.5, 0.6) is 5.75 Å². The fourth-order valence-corrected chi connectivity index (χ4v) is 5.78. The van der Waals surface area contributed by atoms with Crippen LogP contribution in [0.4, 0.5) is 54.1 Å². The van der Waals surface area contributed by atoms with Crippen LogP contribution in [0, 0.1) is 13.8 Å². The number of thiophene rings is 1. The molecule has 0 fully saturated rings. The molecule has 306 valence electrons. The summed E-state index contributed by atoms with van der Waals surface area (Å²) in [5.41, 5.74) is 3.00. The Morgan fingerprint density at radius 2 is 1.12 bits per heavy atom. The van der Waals surface area contributed by atoms with Crippen LogP contribution >= 0.6 is 66.4 Å². The summed E-state index contributed by atoms with van der Waals surface area (Å²) in [7, 11) is 0. The maximum Gasteiger partial charge on any atom is 0.573 e. The number of hydrogen-bond donors (Lipinski definition) is 0. The van der Waals surface area contributed by atoms with Crippen LogP contribution < -0.4 is 4.74 Å². The molecule has 0 saturated carbocycles. The van der Waals surface area contributed by atoms with E-state index in [4.69, 9.17) is 23.2 Å². The van der Waals surface area contributed by atoms with Gasteiger partial charge in [0.05, 0.1) is 28.3 Å². The van der Waals surface area contributed by atoms with E-state index in [-0.39, 0.29) is 16.4 Å². The molecule has 0 saturated heterocycles. The Bertz CT molecular complexity index is 2360. The largest absolute Gasteiger partial charge is 0.573 e. The molecule has 0 aliphatic rings. The molecule has 0 spiro atoms. The maximum atomic E-state index is 11.9. The van der Waals surface area contributed by atoms with Gasteiger partial charge in [-0.3, -0.25) is 0 Å². The number of aryl methyl sites for hydroxylation is 2. The zero-order chi connectivity index (χ0) is 44.6. The van der Waals surface area contributed by atoms with Crippen LogP contribution in [-0.4, -0.2) is 36.8 Å². The van der Waals surface area contributed by atoms with Crippen LogP contribution in [-0.2, 0) is 30.1 Å². The Morgan fingerprint density at radius 1 is 0.593 bits per heavy atom. The smallest absolute Gasteiger partial charge is 0.406 e. The molecule has 0 bridgehead atoms. The van der Waals surface area contributed by atoms with Gasteiger partial charge in [0.2, 0.25) is 30.4 Å². The van der Waals surface area contributed by atoms with E-state index < -0.39 is 18.1 Å². The Balaban J connectivity index is 0.000000370. The highest BCUT2D eigenvalue weighted by Crippen LogP contribution is 2.35. The lowest BCUT2D eigenvalue weighted by Gasteiger charge is -2.07. The zero-order valence-corrected chi connectivity index (χ0v) is 35.0. The van der Waals surface area contributed by atoms with E-state index in [1.807, 2.05) is 19.9 Å². The molecule has 59 heavy (non-hydrogen) atoms. The SMILES string of the molecule is Cc1cc(Cl)ccc1N=C=O.Cc1ccc(Cl)cc1N=C=O.O=C=Nc1cc(C(F)(F)F)cs1.O=C=Nc1ccc(Br)cc1Br.O=C=Nc1ccc(OC(F)(F)F)cc1. The van der Waals surface area contributed by atoms with Crippen molar-refractivity contribution in [1.29, 1.82) is 0 Å². The maximum absolute atomic E-state index is 11.9. The molecule has 11 nitrogen and oxygen atoms in total. The second-order valence-electron chi connectivity index (χ2n) is 10.2. The number of halogens is 10. The number of alkyl halides is 6. The van der Waals surface area contributed by atoms with Crippen LogP contribution in [0.1, 0.15) is 16.7 Å². The third-order valence-corrected chi connectivity index (χ3v) is 8.47. The van der Waals surface area contributed by atoms with Crippen LogP contribution in [0.15, 0.2) is 124 Å². The summed E-state index contributed by atoms with van der Waals surface area (Å²) < 4.78 is 76.1. The summed E-state index contributed by atoms with van der Waals surface area (Å²) in [6, 6.07) is 21.0. The Morgan fingerprint density at radius 3 is 1.63 bits per heavy atom. The zero-order valence-electron chi connectivity index (χ0n) is 29.5. The van der Waals surface area contributed by atoms with E-state index in [0.717, 1.165) is 55.0 Å². The van der Waals surface area contributed by atoms with E-state index >= 15 is 0 Å². The molecule has 0 radical (unpaired) electrons. The van der Waals surface area contributed by atoms with Gasteiger partial charge < -0.3 is 4.74 Å². The summed E-state index contributed by atoms with van der Waals surface area (Å²) >= 11 is 18.6. The number of hydrogen-bond acceptors (Lipinski definition) is 12. The van der Waals surface area contributed by atoms with Crippen molar-refractivity contribution in [3.63, 3.8) is 0 Å². The lowest BCUT2D eigenvalue weighted by molar-refractivity contribution is -0.274. The molecule has 1 aromatic heterocycles. The predicted octanol–water partition coefficient (Wildman–Crippen LogP) is 13.7. The molecule has 5 aromatic rings. The van der Waals surface area contributed by atoms with Gasteiger partial charge in [-0.1, -0.05) is 45.2 Å². The van der Waals surface area contributed by atoms with Crippen molar-refractivity contribution in [1.82, 2.24) is 0 Å². The van der Waals surface area contributed by atoms with Crippen molar-refractivity contribution in [2.75, 3.05) is 0 Å². The third kappa shape index (κ3) is 21.7. The van der Waals surface area contributed by atoms with Gasteiger partial charge in [-0.05, 0) is 120 Å². The Kier molecular flexibility index (Phi) is 23.0. The average Bonchev–Trinajstić information content (AvgIpc) is 3.64. The lowest BCUT2D eigenvalue weighted by atomic mass is 10.2. The number of aliphatic imine (C=N–C) groups is 5. The van der Waals surface area contributed by atoms with E-state index in [9.17, 15) is 50.3 Å². The van der Waals surface area contributed by atoms with Gasteiger partial charge in [0.15, 0.2) is 0 Å². The number of nitrogens with zero attached hydrogens (tertiary/aromatic N) is 5. The van der Waals surface area contributed by atoms with Gasteiger partial charge in [-0.25, -0.2) is 24.0 Å². The predicted molar refractivity (Wildman–Crippen MR) is 216 cm³/mol. The number of carbonyl (C=O) groups excluding carboxylic acids is 5. The molecule has 0 unspecified atom stereocenters. The topological polar surface area (TPSA) is 156 Å². The average molecular weight is 1010 g/mol. The quantitative estimate of drug-likeness (QED) is 0.0936. The summed E-state index contributed by atoms with van der Waals surface area (Å²) in [6.07, 6.45) is -2.23. The lowest BCUT2D eigenvalue weighted by Crippen LogP contribution is -2.16. The molecular weight excluding hydrogens is 987 g/mol. The third-order valence-electron chi connectivity index (χ3n) is 6.05. The van der Waals surface area contributed by atoms with E-state index in [1.165, 1.54) is 42.5 Å². The van der Waals surface area contributed by atoms with Crippen molar-refractivity contribution >= 4 is 125 Å². The van der Waals surface area contributed by atoms with Crippen molar-refractivity contribution in [2.24, 2.45) is 25.0 Å². The summed E-state index contributed by atoms with van der Waals surface area (Å²) in [5, 5.41) is 2.13. The molecule has 0 aliphatic carbocycles. The first-order valence-electron chi connectivity index (χ1n) is 15.1. The minimum absolute atomic E-state index is 0.0114. The van der Waals surface area contributed by atoms with Gasteiger partial charge in [0, 0.05) is 24.4 Å². The molecule has 0 atom stereocenters. The van der Waals surface area contributed by atoms with Gasteiger partial charge >= 0.3 is 12.5 Å². The monoisotopic (exact) mass is 1000 g/mol. The van der Waals surface area contributed by atoms with Crippen molar-refractivity contribution in [2.45, 2.75) is 26.4 Å². The molecule has 22 heteroatoms. The standard InChI is InChI=1S/2C8H6ClNO.C8H4F3NO2.C7H3Br2NO.C6H2F3NOS/c1-6-4-7(9)2-3-8(6)10-5-11;1-6-2-3-7(9)4-8(6)10-5-11;9-8(10,11)14-7-3-1-6(2-4-7)12-5-13;8-5-1-2-7(10-4-11)6(9)3-5;7-6(8,9)4-1-5(10-3-11)12-2-4/h2*2-4H,1H3;1-4H;1-3H;1-2H. The molecule has 1 heterocycles. The van der Waals surface area contributed by atoms with Crippen molar-refractivity contribution in [3.8, 4) is 5.75 Å². The summed E-state index contributed by atoms with van der Waals surface area (Å²) in [5.74, 6) is -0.359. The van der Waals surface area contributed by atoms with E-state index in [2.05, 4.69) is 61.6 Å². The molecular formula is C37H21Br2Cl2F6N5O6S. The van der Waals surface area contributed by atoms with Crippen LogP contribution in [0.25, 0.3) is 0 Å². The fourth-order valence-electron chi connectivity index (χ4n) is 3.52. The van der Waals surface area contributed by atoms with Crippen LogP contribution in [0.2, 0.25) is 10.0 Å². The van der Waals surface area contributed by atoms with Gasteiger partial charge in [0.1, 0.15) is 10.8 Å². The number of benzene rings is 4. The summed E-state index contributed by atoms with van der Waals surface area (Å²) in [4.78, 5) is 65.8. The number of ether oxygens (including phenoxy) is 1. The van der Waals surface area contributed by atoms with Gasteiger partial charge in [-0.2, -0.15) is 38.1 Å².